The minimum absolute atomic E-state index is 0.0964. The lowest BCUT2D eigenvalue weighted by Crippen LogP contribution is -2.28. The minimum Gasteiger partial charge on any atom is -0.392 e. The van der Waals surface area contributed by atoms with Crippen molar-refractivity contribution in [3.05, 3.63) is 41.1 Å². The van der Waals surface area contributed by atoms with E-state index >= 15 is 0 Å². The van der Waals surface area contributed by atoms with Gasteiger partial charge in [0.05, 0.1) is 12.1 Å². The molecule has 0 radical (unpaired) electrons. The molecule has 0 unspecified atom stereocenters. The molecule has 1 aliphatic heterocycles. The standard InChI is InChI=1S/C14H16N2O/c1-16-7-6-14-11(8-16)12(9-17)10-4-2-3-5-13(10)15-14/h2-5,17H,6-9H2,1H3. The molecule has 2 aromatic rings. The van der Waals surface area contributed by atoms with E-state index in [1.54, 1.807) is 0 Å². The Morgan fingerprint density at radius 2 is 2.18 bits per heavy atom. The molecular weight excluding hydrogens is 212 g/mol. The van der Waals surface area contributed by atoms with Gasteiger partial charge in [-0.25, -0.2) is 0 Å². The SMILES string of the molecule is CN1CCc2nc3ccccc3c(CO)c2C1. The van der Waals surface area contributed by atoms with Crippen molar-refractivity contribution in [2.45, 2.75) is 19.6 Å². The number of likely N-dealkylation sites (N-methyl/N-ethyl adjacent to an activating group) is 1. The van der Waals surface area contributed by atoms with Crippen LogP contribution in [0.4, 0.5) is 0 Å². The van der Waals surface area contributed by atoms with E-state index in [4.69, 9.17) is 4.98 Å². The maximum Gasteiger partial charge on any atom is 0.0709 e. The van der Waals surface area contributed by atoms with Crippen LogP contribution in [0.15, 0.2) is 24.3 Å². The van der Waals surface area contributed by atoms with Crippen molar-refractivity contribution in [3.8, 4) is 0 Å². The van der Waals surface area contributed by atoms with E-state index in [0.29, 0.717) is 0 Å². The van der Waals surface area contributed by atoms with Gasteiger partial charge in [0.1, 0.15) is 0 Å². The number of aromatic nitrogens is 1. The van der Waals surface area contributed by atoms with Crippen molar-refractivity contribution in [3.63, 3.8) is 0 Å². The maximum absolute atomic E-state index is 9.63. The van der Waals surface area contributed by atoms with Crippen LogP contribution in [0.3, 0.4) is 0 Å². The van der Waals surface area contributed by atoms with E-state index in [1.807, 2.05) is 24.3 Å². The molecule has 2 heterocycles. The Labute approximate surface area is 101 Å². The van der Waals surface area contributed by atoms with Crippen molar-refractivity contribution >= 4 is 10.9 Å². The first-order chi connectivity index (χ1) is 8.29. The fraction of sp³-hybridized carbons (Fsp3) is 0.357. The lowest BCUT2D eigenvalue weighted by atomic mass is 9.96. The third kappa shape index (κ3) is 1.72. The number of para-hydroxylation sites is 1. The molecule has 1 aromatic heterocycles. The number of pyridine rings is 1. The molecule has 0 bridgehead atoms. The van der Waals surface area contributed by atoms with E-state index < -0.39 is 0 Å². The molecule has 0 amide bonds. The fourth-order valence-electron chi connectivity index (χ4n) is 2.60. The van der Waals surface area contributed by atoms with Crippen LogP contribution < -0.4 is 0 Å². The molecule has 0 saturated carbocycles. The van der Waals surface area contributed by atoms with Gasteiger partial charge in [0, 0.05) is 30.6 Å². The number of fused-ring (bicyclic) bond motifs is 2. The third-order valence-electron chi connectivity index (χ3n) is 3.51. The Kier molecular flexibility index (Phi) is 2.57. The Balaban J connectivity index is 2.30. The Morgan fingerprint density at radius 3 is 3.00 bits per heavy atom. The van der Waals surface area contributed by atoms with Gasteiger partial charge in [-0.2, -0.15) is 0 Å². The highest BCUT2D eigenvalue weighted by atomic mass is 16.3. The minimum atomic E-state index is 0.0964. The molecule has 0 saturated heterocycles. The summed E-state index contributed by atoms with van der Waals surface area (Å²) in [7, 11) is 2.11. The van der Waals surface area contributed by atoms with Crippen LogP contribution in [-0.4, -0.2) is 28.6 Å². The molecule has 3 rings (SSSR count). The first-order valence-electron chi connectivity index (χ1n) is 5.98. The van der Waals surface area contributed by atoms with Gasteiger partial charge < -0.3 is 10.0 Å². The highest BCUT2D eigenvalue weighted by molar-refractivity contribution is 5.83. The number of nitrogens with zero attached hydrogens (tertiary/aromatic N) is 2. The second-order valence-corrected chi connectivity index (χ2v) is 4.68. The van der Waals surface area contributed by atoms with E-state index in [1.165, 1.54) is 5.56 Å². The summed E-state index contributed by atoms with van der Waals surface area (Å²) in [6.07, 6.45) is 0.976. The topological polar surface area (TPSA) is 36.4 Å². The number of benzene rings is 1. The summed E-state index contributed by atoms with van der Waals surface area (Å²) >= 11 is 0. The third-order valence-corrected chi connectivity index (χ3v) is 3.51. The van der Waals surface area contributed by atoms with Crippen molar-refractivity contribution in [1.29, 1.82) is 0 Å². The summed E-state index contributed by atoms with van der Waals surface area (Å²) in [5.74, 6) is 0. The number of hydrogen-bond acceptors (Lipinski definition) is 3. The molecule has 88 valence electrons. The second kappa shape index (κ2) is 4.09. The van der Waals surface area contributed by atoms with Crippen LogP contribution in [0.1, 0.15) is 16.8 Å². The van der Waals surface area contributed by atoms with Crippen molar-refractivity contribution in [2.24, 2.45) is 0 Å². The Morgan fingerprint density at radius 1 is 1.35 bits per heavy atom. The average molecular weight is 228 g/mol. The molecule has 0 aliphatic carbocycles. The van der Waals surface area contributed by atoms with E-state index in [9.17, 15) is 5.11 Å². The van der Waals surface area contributed by atoms with Gasteiger partial charge in [0.15, 0.2) is 0 Å². The molecule has 3 heteroatoms. The summed E-state index contributed by atoms with van der Waals surface area (Å²) in [6.45, 7) is 2.03. The zero-order valence-electron chi connectivity index (χ0n) is 9.98. The van der Waals surface area contributed by atoms with Crippen molar-refractivity contribution < 1.29 is 5.11 Å². The van der Waals surface area contributed by atoms with Gasteiger partial charge in [0.25, 0.3) is 0 Å². The van der Waals surface area contributed by atoms with Gasteiger partial charge in [-0.3, -0.25) is 4.98 Å². The molecule has 1 aromatic carbocycles. The van der Waals surface area contributed by atoms with Crippen LogP contribution in [0.5, 0.6) is 0 Å². The number of aliphatic hydroxyl groups is 1. The van der Waals surface area contributed by atoms with Gasteiger partial charge in [-0.15, -0.1) is 0 Å². The molecule has 3 nitrogen and oxygen atoms in total. The molecule has 1 aliphatic rings. The highest BCUT2D eigenvalue weighted by Crippen LogP contribution is 2.27. The zero-order chi connectivity index (χ0) is 11.8. The average Bonchev–Trinajstić information content (AvgIpc) is 2.36. The van der Waals surface area contributed by atoms with Crippen LogP contribution >= 0.6 is 0 Å². The maximum atomic E-state index is 9.63. The first-order valence-corrected chi connectivity index (χ1v) is 5.98. The number of hydrogen-bond donors (Lipinski definition) is 1. The molecule has 0 fully saturated rings. The van der Waals surface area contributed by atoms with Crippen molar-refractivity contribution in [1.82, 2.24) is 9.88 Å². The van der Waals surface area contributed by atoms with Crippen LogP contribution in [0.2, 0.25) is 0 Å². The van der Waals surface area contributed by atoms with Gasteiger partial charge in [-0.1, -0.05) is 18.2 Å². The predicted octanol–water partition coefficient (Wildman–Crippen LogP) is 1.71. The Bertz CT molecular complexity index is 565. The number of aliphatic hydroxyl groups excluding tert-OH is 1. The highest BCUT2D eigenvalue weighted by Gasteiger charge is 2.19. The summed E-state index contributed by atoms with van der Waals surface area (Å²) in [5.41, 5.74) is 4.43. The molecule has 0 spiro atoms. The largest absolute Gasteiger partial charge is 0.392 e. The monoisotopic (exact) mass is 228 g/mol. The molecule has 0 atom stereocenters. The second-order valence-electron chi connectivity index (χ2n) is 4.68. The van der Waals surface area contributed by atoms with Gasteiger partial charge in [0.2, 0.25) is 0 Å². The summed E-state index contributed by atoms with van der Waals surface area (Å²) in [5, 5.41) is 10.7. The van der Waals surface area contributed by atoms with Crippen LogP contribution in [-0.2, 0) is 19.6 Å². The zero-order valence-corrected chi connectivity index (χ0v) is 9.98. The quantitative estimate of drug-likeness (QED) is 0.807. The molecular formula is C14H16N2O. The fourth-order valence-corrected chi connectivity index (χ4v) is 2.60. The van der Waals surface area contributed by atoms with Crippen LogP contribution in [0, 0.1) is 0 Å². The summed E-state index contributed by atoms with van der Waals surface area (Å²) in [6, 6.07) is 8.07. The van der Waals surface area contributed by atoms with E-state index in [2.05, 4.69) is 11.9 Å². The Hall–Kier alpha value is -1.45. The predicted molar refractivity (Wildman–Crippen MR) is 67.7 cm³/mol. The lowest BCUT2D eigenvalue weighted by Gasteiger charge is -2.26. The molecule has 1 N–H and O–H groups in total. The van der Waals surface area contributed by atoms with Crippen LogP contribution in [0.25, 0.3) is 10.9 Å². The van der Waals surface area contributed by atoms with Crippen molar-refractivity contribution in [2.75, 3.05) is 13.6 Å². The smallest absolute Gasteiger partial charge is 0.0709 e. The normalized spacial score (nSPS) is 16.1. The van der Waals surface area contributed by atoms with E-state index in [0.717, 1.165) is 41.7 Å². The summed E-state index contributed by atoms with van der Waals surface area (Å²) in [4.78, 5) is 7.00. The first kappa shape index (κ1) is 10.7. The van der Waals surface area contributed by atoms with Gasteiger partial charge >= 0.3 is 0 Å². The van der Waals surface area contributed by atoms with E-state index in [-0.39, 0.29) is 6.61 Å². The van der Waals surface area contributed by atoms with Gasteiger partial charge in [-0.05, 0) is 24.2 Å². The number of rotatable bonds is 1. The molecule has 17 heavy (non-hydrogen) atoms. The summed E-state index contributed by atoms with van der Waals surface area (Å²) < 4.78 is 0. The lowest BCUT2D eigenvalue weighted by molar-refractivity contribution is 0.271.